The van der Waals surface area contributed by atoms with E-state index in [0.717, 1.165) is 0 Å². The Labute approximate surface area is 104 Å². The highest BCUT2D eigenvalue weighted by molar-refractivity contribution is 6.34. The molecule has 0 spiro atoms. The van der Waals surface area contributed by atoms with E-state index in [1.165, 1.54) is 18.2 Å². The van der Waals surface area contributed by atoms with E-state index in [2.05, 4.69) is 5.32 Å². The third-order valence-electron chi connectivity index (χ3n) is 2.12. The van der Waals surface area contributed by atoms with E-state index in [9.17, 15) is 9.59 Å². The lowest BCUT2D eigenvalue weighted by atomic mass is 10.1. The second-order valence-electron chi connectivity index (χ2n) is 3.30. The van der Waals surface area contributed by atoms with E-state index in [4.69, 9.17) is 22.4 Å². The second kappa shape index (κ2) is 6.34. The minimum atomic E-state index is -0.393. The molecule has 0 fully saturated rings. The van der Waals surface area contributed by atoms with Gasteiger partial charge >= 0.3 is 0 Å². The maximum absolute atomic E-state index is 11.6. The Balaban J connectivity index is 2.89. The number of nitrogens with one attached hydrogen (secondary N) is 1. The number of rotatable bonds is 5. The molecule has 0 heterocycles. The van der Waals surface area contributed by atoms with Crippen LogP contribution < -0.4 is 11.1 Å². The van der Waals surface area contributed by atoms with Crippen molar-refractivity contribution in [2.75, 3.05) is 19.7 Å². The van der Waals surface area contributed by atoms with E-state index in [1.54, 1.807) is 0 Å². The highest BCUT2D eigenvalue weighted by atomic mass is 35.5. The zero-order valence-corrected chi connectivity index (χ0v) is 9.83. The molecule has 0 saturated heterocycles. The summed E-state index contributed by atoms with van der Waals surface area (Å²) < 4.78 is 0. The largest absolute Gasteiger partial charge is 0.395 e. The molecule has 0 aliphatic rings. The van der Waals surface area contributed by atoms with Crippen molar-refractivity contribution in [2.45, 2.75) is 0 Å². The van der Waals surface area contributed by atoms with Crippen LogP contribution in [0.5, 0.6) is 0 Å². The lowest BCUT2D eigenvalue weighted by molar-refractivity contribution is 0.0943. The molecule has 0 atom stereocenters. The van der Waals surface area contributed by atoms with Gasteiger partial charge in [-0.1, -0.05) is 17.7 Å². The van der Waals surface area contributed by atoms with Crippen LogP contribution >= 0.6 is 11.6 Å². The Hall–Kier alpha value is -1.43. The quantitative estimate of drug-likeness (QED) is 0.657. The van der Waals surface area contributed by atoms with Gasteiger partial charge in [-0.25, -0.2) is 0 Å². The van der Waals surface area contributed by atoms with Gasteiger partial charge in [0.2, 0.25) is 0 Å². The number of halogens is 1. The summed E-state index contributed by atoms with van der Waals surface area (Å²) in [5.74, 6) is -0.634. The molecule has 0 radical (unpaired) electrons. The highest BCUT2D eigenvalue weighted by Crippen LogP contribution is 2.18. The minimum absolute atomic E-state index is 0.105. The van der Waals surface area contributed by atoms with Crippen LogP contribution in [0.25, 0.3) is 0 Å². The first-order valence-electron chi connectivity index (χ1n) is 5.02. The number of nitrogens with two attached hydrogens (primary N) is 1. The third-order valence-corrected chi connectivity index (χ3v) is 2.43. The fourth-order valence-electron chi connectivity index (χ4n) is 1.26. The minimum Gasteiger partial charge on any atom is -0.395 e. The summed E-state index contributed by atoms with van der Waals surface area (Å²) in [5, 5.41) is 11.2. The number of carbonyl (C=O) groups excluding carboxylic acids is 2. The first kappa shape index (κ1) is 13.6. The molecule has 4 N–H and O–H groups in total. The molecule has 1 aromatic carbocycles. The van der Waals surface area contributed by atoms with Gasteiger partial charge in [-0.15, -0.1) is 0 Å². The van der Waals surface area contributed by atoms with Crippen LogP contribution in [0.3, 0.4) is 0 Å². The summed E-state index contributed by atoms with van der Waals surface area (Å²) in [6.07, 6.45) is 0. The predicted octanol–water partition coefficient (Wildman–Crippen LogP) is 0.203. The summed E-state index contributed by atoms with van der Waals surface area (Å²) in [7, 11) is 0. The van der Waals surface area contributed by atoms with Crippen LogP contribution in [0, 0.1) is 0 Å². The summed E-state index contributed by atoms with van der Waals surface area (Å²) in [6.45, 7) is -0.0991. The summed E-state index contributed by atoms with van der Waals surface area (Å²) in [6, 6.07) is 4.36. The van der Waals surface area contributed by atoms with Crippen molar-refractivity contribution in [1.82, 2.24) is 5.32 Å². The Morgan fingerprint density at radius 1 is 1.41 bits per heavy atom. The molecule has 92 valence electrons. The molecule has 1 amide bonds. The van der Waals surface area contributed by atoms with Gasteiger partial charge in [0.25, 0.3) is 5.91 Å². The first-order valence-corrected chi connectivity index (χ1v) is 5.39. The van der Waals surface area contributed by atoms with Crippen LogP contribution in [0.4, 0.5) is 0 Å². The maximum atomic E-state index is 11.6. The third kappa shape index (κ3) is 3.52. The first-order chi connectivity index (χ1) is 8.10. The van der Waals surface area contributed by atoms with Gasteiger partial charge in [0.05, 0.1) is 23.7 Å². The van der Waals surface area contributed by atoms with Crippen molar-refractivity contribution >= 4 is 23.3 Å². The van der Waals surface area contributed by atoms with Gasteiger partial charge in [0, 0.05) is 12.1 Å². The Morgan fingerprint density at radius 3 is 2.65 bits per heavy atom. The summed E-state index contributed by atoms with van der Waals surface area (Å²) in [4.78, 5) is 22.9. The second-order valence-corrected chi connectivity index (χ2v) is 3.71. The molecule has 0 unspecified atom stereocenters. The fourth-order valence-corrected chi connectivity index (χ4v) is 1.52. The van der Waals surface area contributed by atoms with Crippen molar-refractivity contribution in [3.8, 4) is 0 Å². The van der Waals surface area contributed by atoms with Gasteiger partial charge < -0.3 is 16.2 Å². The molecular weight excluding hydrogens is 244 g/mol. The molecular formula is C11H13ClN2O3. The number of carbonyl (C=O) groups is 2. The van der Waals surface area contributed by atoms with Gasteiger partial charge in [-0.05, 0) is 12.1 Å². The zero-order valence-electron chi connectivity index (χ0n) is 9.07. The van der Waals surface area contributed by atoms with Crippen molar-refractivity contribution in [3.05, 3.63) is 34.3 Å². The molecule has 5 nitrogen and oxygen atoms in total. The Morgan fingerprint density at radius 2 is 2.12 bits per heavy atom. The normalized spacial score (nSPS) is 10.1. The topological polar surface area (TPSA) is 92.4 Å². The molecule has 0 aromatic heterocycles. The molecule has 1 aromatic rings. The summed E-state index contributed by atoms with van der Waals surface area (Å²) >= 11 is 5.89. The lowest BCUT2D eigenvalue weighted by Gasteiger charge is -2.06. The van der Waals surface area contributed by atoms with Gasteiger partial charge in [-0.3, -0.25) is 9.59 Å². The molecule has 0 saturated carbocycles. The van der Waals surface area contributed by atoms with Crippen LogP contribution in [0.2, 0.25) is 5.02 Å². The van der Waals surface area contributed by atoms with Crippen molar-refractivity contribution in [3.63, 3.8) is 0 Å². The SMILES string of the molecule is NCC(=O)c1ccc(C(=O)NCCO)c(Cl)c1. The number of ketones is 1. The van der Waals surface area contributed by atoms with Crippen LogP contribution in [-0.2, 0) is 0 Å². The van der Waals surface area contributed by atoms with Crippen LogP contribution in [0.1, 0.15) is 20.7 Å². The van der Waals surface area contributed by atoms with Crippen molar-refractivity contribution in [1.29, 1.82) is 0 Å². The number of Topliss-reactive ketones (excluding diaryl/α,β-unsaturated/α-hetero) is 1. The van der Waals surface area contributed by atoms with Crippen molar-refractivity contribution in [2.24, 2.45) is 5.73 Å². The van der Waals surface area contributed by atoms with Gasteiger partial charge in [-0.2, -0.15) is 0 Å². The predicted molar refractivity (Wildman–Crippen MR) is 64.3 cm³/mol. The number of amides is 1. The lowest BCUT2D eigenvalue weighted by Crippen LogP contribution is -2.26. The van der Waals surface area contributed by atoms with Crippen molar-refractivity contribution < 1.29 is 14.7 Å². The number of hydrogen-bond acceptors (Lipinski definition) is 4. The fraction of sp³-hybridized carbons (Fsp3) is 0.273. The molecule has 0 bridgehead atoms. The Kier molecular flexibility index (Phi) is 5.09. The molecule has 6 heteroatoms. The number of benzene rings is 1. The maximum Gasteiger partial charge on any atom is 0.252 e. The van der Waals surface area contributed by atoms with E-state index >= 15 is 0 Å². The smallest absolute Gasteiger partial charge is 0.252 e. The van der Waals surface area contributed by atoms with Gasteiger partial charge in [0.15, 0.2) is 5.78 Å². The number of aliphatic hydroxyl groups is 1. The zero-order chi connectivity index (χ0) is 12.8. The molecule has 1 rings (SSSR count). The van der Waals surface area contributed by atoms with Crippen LogP contribution in [-0.4, -0.2) is 36.5 Å². The molecule has 0 aliphatic carbocycles. The van der Waals surface area contributed by atoms with E-state index < -0.39 is 5.91 Å². The van der Waals surface area contributed by atoms with E-state index in [1.807, 2.05) is 0 Å². The molecule has 17 heavy (non-hydrogen) atoms. The van der Waals surface area contributed by atoms with Gasteiger partial charge in [0.1, 0.15) is 0 Å². The Bertz CT molecular complexity index is 435. The summed E-state index contributed by atoms with van der Waals surface area (Å²) in [5.41, 5.74) is 5.85. The van der Waals surface area contributed by atoms with E-state index in [-0.39, 0.29) is 36.1 Å². The number of hydrogen-bond donors (Lipinski definition) is 3. The number of aliphatic hydroxyl groups excluding tert-OH is 1. The molecule has 0 aliphatic heterocycles. The average Bonchev–Trinajstić information content (AvgIpc) is 2.34. The highest BCUT2D eigenvalue weighted by Gasteiger charge is 2.12. The standard InChI is InChI=1S/C11H13ClN2O3/c12-9-5-7(10(16)6-13)1-2-8(9)11(17)14-3-4-15/h1-2,5,15H,3-4,6,13H2,(H,14,17). The van der Waals surface area contributed by atoms with Crippen LogP contribution in [0.15, 0.2) is 18.2 Å². The monoisotopic (exact) mass is 256 g/mol. The van der Waals surface area contributed by atoms with E-state index in [0.29, 0.717) is 5.56 Å². The average molecular weight is 257 g/mol.